The number of Topliss-reactive ketones (excluding diaryl/α,β-unsaturated/α-hetero) is 1. The van der Waals surface area contributed by atoms with E-state index < -0.39 is 48.5 Å². The Labute approximate surface area is 216 Å². The van der Waals surface area contributed by atoms with Gasteiger partial charge in [0.05, 0.1) is 47.2 Å². The van der Waals surface area contributed by atoms with Crippen molar-refractivity contribution in [3.05, 3.63) is 17.2 Å². The van der Waals surface area contributed by atoms with Crippen molar-refractivity contribution in [2.75, 3.05) is 41.2 Å². The molecule has 0 radical (unpaired) electrons. The molecule has 0 bridgehead atoms. The molecule has 1 saturated heterocycles. The summed E-state index contributed by atoms with van der Waals surface area (Å²) in [6, 6.07) is -0.279. The summed E-state index contributed by atoms with van der Waals surface area (Å²) in [6.45, 7) is 2.78. The summed E-state index contributed by atoms with van der Waals surface area (Å²) in [5, 5.41) is 24.7. The molecule has 4 atom stereocenters. The van der Waals surface area contributed by atoms with Gasteiger partial charge in [-0.25, -0.2) is 0 Å². The van der Waals surface area contributed by atoms with Gasteiger partial charge in [-0.2, -0.15) is 0 Å². The third-order valence-electron chi connectivity index (χ3n) is 6.96. The molecule has 0 spiro atoms. The van der Waals surface area contributed by atoms with Crippen LogP contribution in [0.3, 0.4) is 0 Å². The summed E-state index contributed by atoms with van der Waals surface area (Å²) >= 11 is 0. The highest BCUT2D eigenvalue weighted by Crippen LogP contribution is 2.45. The predicted octanol–water partition coefficient (Wildman–Crippen LogP) is 0.156. The van der Waals surface area contributed by atoms with Crippen molar-refractivity contribution in [2.24, 2.45) is 11.8 Å². The first kappa shape index (κ1) is 28.7. The normalized spacial score (nSPS) is 21.9. The number of amides is 2. The SMILES string of the molecule is COc1cc2c(c(OC)c1OC)CC(C(=O)N[C@@H](CO)C(=O)N[C@@H](CC(C)C)C(=O)[C@@]1(CO)CO1)CC2. The van der Waals surface area contributed by atoms with E-state index in [4.69, 9.17) is 18.9 Å². The number of aliphatic hydroxyl groups excluding tert-OH is 2. The number of fused-ring (bicyclic) bond motifs is 1. The van der Waals surface area contributed by atoms with Crippen molar-refractivity contribution >= 4 is 17.6 Å². The van der Waals surface area contributed by atoms with Crippen molar-refractivity contribution in [3.8, 4) is 17.2 Å². The van der Waals surface area contributed by atoms with Crippen molar-refractivity contribution < 1.29 is 43.5 Å². The fourth-order valence-electron chi connectivity index (χ4n) is 4.79. The van der Waals surface area contributed by atoms with Crippen LogP contribution in [0.5, 0.6) is 17.2 Å². The summed E-state index contributed by atoms with van der Waals surface area (Å²) in [6.07, 6.45) is 1.80. The Morgan fingerprint density at radius 3 is 2.27 bits per heavy atom. The second kappa shape index (κ2) is 12.1. The second-order valence-corrected chi connectivity index (χ2v) is 9.96. The highest BCUT2D eigenvalue weighted by atomic mass is 16.6. The molecule has 206 valence electrons. The van der Waals surface area contributed by atoms with Gasteiger partial charge < -0.3 is 39.8 Å². The molecular formula is C26H38N2O9. The van der Waals surface area contributed by atoms with E-state index in [9.17, 15) is 24.6 Å². The summed E-state index contributed by atoms with van der Waals surface area (Å²) in [4.78, 5) is 39.0. The van der Waals surface area contributed by atoms with Crippen molar-refractivity contribution in [1.29, 1.82) is 0 Å². The Hall–Kier alpha value is -2.89. The molecule has 11 heteroatoms. The minimum absolute atomic E-state index is 0.0683. The minimum atomic E-state index is -1.29. The maximum Gasteiger partial charge on any atom is 0.245 e. The van der Waals surface area contributed by atoms with Gasteiger partial charge in [-0.15, -0.1) is 0 Å². The summed E-state index contributed by atoms with van der Waals surface area (Å²) in [5.41, 5.74) is 0.534. The lowest BCUT2D eigenvalue weighted by molar-refractivity contribution is -0.135. The topological polar surface area (TPSA) is 156 Å². The molecule has 1 unspecified atom stereocenters. The largest absolute Gasteiger partial charge is 0.493 e. The van der Waals surface area contributed by atoms with Crippen molar-refractivity contribution in [3.63, 3.8) is 0 Å². The lowest BCUT2D eigenvalue weighted by Gasteiger charge is -2.29. The van der Waals surface area contributed by atoms with E-state index in [-0.39, 0.29) is 18.4 Å². The van der Waals surface area contributed by atoms with Gasteiger partial charge >= 0.3 is 0 Å². The molecular weight excluding hydrogens is 484 g/mol. The number of aryl methyl sites for hydroxylation is 1. The molecule has 2 amide bonds. The molecule has 11 nitrogen and oxygen atoms in total. The van der Waals surface area contributed by atoms with Crippen LogP contribution in [-0.4, -0.2) is 86.6 Å². The molecule has 0 aromatic heterocycles. The van der Waals surface area contributed by atoms with Gasteiger partial charge in [0.15, 0.2) is 22.9 Å². The number of benzene rings is 1. The molecule has 1 aliphatic carbocycles. The number of hydrogen-bond donors (Lipinski definition) is 4. The Morgan fingerprint density at radius 2 is 1.76 bits per heavy atom. The quantitative estimate of drug-likeness (QED) is 0.265. The number of ketones is 1. The monoisotopic (exact) mass is 522 g/mol. The van der Waals surface area contributed by atoms with Gasteiger partial charge in [-0.3, -0.25) is 14.4 Å². The van der Waals surface area contributed by atoms with Gasteiger partial charge in [-0.05, 0) is 43.2 Å². The number of ether oxygens (including phenoxy) is 4. The van der Waals surface area contributed by atoms with E-state index in [1.165, 1.54) is 14.2 Å². The second-order valence-electron chi connectivity index (χ2n) is 9.96. The molecule has 1 aliphatic heterocycles. The molecule has 3 rings (SSSR count). The van der Waals surface area contributed by atoms with Crippen LogP contribution in [0.2, 0.25) is 0 Å². The Balaban J connectivity index is 1.71. The van der Waals surface area contributed by atoms with E-state index in [1.807, 2.05) is 19.9 Å². The summed E-state index contributed by atoms with van der Waals surface area (Å²) in [7, 11) is 4.58. The molecule has 2 aliphatic rings. The number of carbonyl (C=O) groups is 3. The zero-order valence-corrected chi connectivity index (χ0v) is 22.1. The number of nitrogens with one attached hydrogen (secondary N) is 2. The fraction of sp³-hybridized carbons (Fsp3) is 0.654. The van der Waals surface area contributed by atoms with E-state index in [1.54, 1.807) is 7.11 Å². The summed E-state index contributed by atoms with van der Waals surface area (Å²) in [5.74, 6) is -0.390. The number of epoxide rings is 1. The number of aliphatic hydroxyl groups is 2. The van der Waals surface area contributed by atoms with Crippen LogP contribution in [0, 0.1) is 11.8 Å². The Morgan fingerprint density at radius 1 is 1.08 bits per heavy atom. The van der Waals surface area contributed by atoms with Gasteiger partial charge in [0.2, 0.25) is 17.6 Å². The lowest BCUT2D eigenvalue weighted by Crippen LogP contribution is -2.56. The van der Waals surface area contributed by atoms with Crippen LogP contribution >= 0.6 is 0 Å². The van der Waals surface area contributed by atoms with Crippen LogP contribution in [0.1, 0.15) is 37.8 Å². The van der Waals surface area contributed by atoms with Gasteiger partial charge in [0, 0.05) is 11.5 Å². The summed E-state index contributed by atoms with van der Waals surface area (Å²) < 4.78 is 21.6. The zero-order valence-electron chi connectivity index (χ0n) is 22.1. The standard InChI is InChI=1S/C26H38N2O9/c1-14(2)8-18(23(31)26(12-30)13-37-26)27-25(33)19(11-29)28-24(32)16-7-6-15-10-20(34-3)22(36-5)21(35-4)17(15)9-16/h10,14,16,18-19,29-30H,6-9,11-13H2,1-5H3,(H,27,33)(H,28,32)/t16?,18-,19-,26+/m0/s1. The minimum Gasteiger partial charge on any atom is -0.493 e. The first-order valence-electron chi connectivity index (χ1n) is 12.5. The fourth-order valence-corrected chi connectivity index (χ4v) is 4.79. The molecule has 4 N–H and O–H groups in total. The number of rotatable bonds is 13. The molecule has 1 aromatic rings. The smallest absolute Gasteiger partial charge is 0.245 e. The average Bonchev–Trinajstić information content (AvgIpc) is 3.70. The number of methoxy groups -OCH3 is 3. The maximum atomic E-state index is 13.2. The van der Waals surface area contributed by atoms with Crippen LogP contribution in [0.25, 0.3) is 0 Å². The van der Waals surface area contributed by atoms with Crippen LogP contribution < -0.4 is 24.8 Å². The van der Waals surface area contributed by atoms with Gasteiger partial charge in [0.25, 0.3) is 0 Å². The maximum absolute atomic E-state index is 13.2. The van der Waals surface area contributed by atoms with Crippen molar-refractivity contribution in [1.82, 2.24) is 10.6 Å². The number of hydrogen-bond acceptors (Lipinski definition) is 9. The zero-order chi connectivity index (χ0) is 27.3. The van der Waals surface area contributed by atoms with Gasteiger partial charge in [0.1, 0.15) is 6.04 Å². The highest BCUT2D eigenvalue weighted by molar-refractivity contribution is 5.98. The third kappa shape index (κ3) is 6.16. The van der Waals surface area contributed by atoms with E-state index in [0.29, 0.717) is 42.9 Å². The van der Waals surface area contributed by atoms with E-state index >= 15 is 0 Å². The van der Waals surface area contributed by atoms with Crippen LogP contribution in [-0.2, 0) is 32.0 Å². The predicted molar refractivity (Wildman–Crippen MR) is 133 cm³/mol. The molecule has 1 fully saturated rings. The van der Waals surface area contributed by atoms with Crippen LogP contribution in [0.15, 0.2) is 6.07 Å². The number of carbonyl (C=O) groups excluding carboxylic acids is 3. The van der Waals surface area contributed by atoms with E-state index in [0.717, 1.165) is 11.1 Å². The third-order valence-corrected chi connectivity index (χ3v) is 6.96. The van der Waals surface area contributed by atoms with Crippen molar-refractivity contribution in [2.45, 2.75) is 57.2 Å². The average molecular weight is 523 g/mol. The van der Waals surface area contributed by atoms with E-state index in [2.05, 4.69) is 10.6 Å². The molecule has 0 saturated carbocycles. The first-order chi connectivity index (χ1) is 17.6. The van der Waals surface area contributed by atoms with Crippen LogP contribution in [0.4, 0.5) is 0 Å². The molecule has 1 aromatic carbocycles. The lowest BCUT2D eigenvalue weighted by atomic mass is 9.82. The highest BCUT2D eigenvalue weighted by Gasteiger charge is 2.54. The Kier molecular flexibility index (Phi) is 9.38. The van der Waals surface area contributed by atoms with Gasteiger partial charge in [-0.1, -0.05) is 13.8 Å². The molecule has 1 heterocycles. The first-order valence-corrected chi connectivity index (χ1v) is 12.5. The Bertz CT molecular complexity index is 1010. The molecule has 37 heavy (non-hydrogen) atoms.